The van der Waals surface area contributed by atoms with Gasteiger partial charge < -0.3 is 14.8 Å². The fourth-order valence-corrected chi connectivity index (χ4v) is 1.96. The van der Waals surface area contributed by atoms with Gasteiger partial charge in [-0.05, 0) is 36.6 Å². The van der Waals surface area contributed by atoms with Gasteiger partial charge in [0.05, 0.1) is 13.2 Å². The number of nitrogens with zero attached hydrogens (tertiary/aromatic N) is 2. The molecule has 0 aliphatic rings. The van der Waals surface area contributed by atoms with Crippen LogP contribution in [-0.2, 0) is 6.18 Å². The Morgan fingerprint density at radius 1 is 1.12 bits per heavy atom. The number of nitrogens with one attached hydrogen (secondary N) is 1. The first-order valence-corrected chi connectivity index (χ1v) is 8.36. The van der Waals surface area contributed by atoms with Crippen molar-refractivity contribution in [3.63, 3.8) is 0 Å². The van der Waals surface area contributed by atoms with Gasteiger partial charge in [0.1, 0.15) is 11.3 Å². The highest BCUT2D eigenvalue weighted by Gasteiger charge is 2.36. The zero-order valence-electron chi connectivity index (χ0n) is 14.9. The number of rotatable bonds is 8. The molecule has 0 saturated heterocycles. The fraction of sp³-hybridized carbons (Fsp3) is 0.444. The monoisotopic (exact) mass is 369 g/mol. The van der Waals surface area contributed by atoms with E-state index in [1.54, 1.807) is 24.3 Å². The van der Waals surface area contributed by atoms with Crippen LogP contribution in [0.4, 0.5) is 24.8 Å². The van der Waals surface area contributed by atoms with Gasteiger partial charge in [-0.25, -0.2) is 4.98 Å². The van der Waals surface area contributed by atoms with E-state index in [2.05, 4.69) is 15.3 Å². The van der Waals surface area contributed by atoms with Gasteiger partial charge in [0.15, 0.2) is 0 Å². The zero-order chi connectivity index (χ0) is 19.2. The van der Waals surface area contributed by atoms with Gasteiger partial charge in [-0.3, -0.25) is 0 Å². The molecule has 0 radical (unpaired) electrons. The highest BCUT2D eigenvalue weighted by molar-refractivity contribution is 5.55. The van der Waals surface area contributed by atoms with Crippen molar-refractivity contribution in [3.8, 4) is 11.6 Å². The van der Waals surface area contributed by atoms with E-state index in [9.17, 15) is 13.2 Å². The lowest BCUT2D eigenvalue weighted by Gasteiger charge is -2.15. The van der Waals surface area contributed by atoms with Gasteiger partial charge in [-0.15, -0.1) is 0 Å². The van der Waals surface area contributed by atoms with E-state index in [-0.39, 0.29) is 18.5 Å². The van der Waals surface area contributed by atoms with Crippen LogP contribution >= 0.6 is 0 Å². The van der Waals surface area contributed by atoms with Crippen molar-refractivity contribution in [2.24, 2.45) is 5.92 Å². The maximum atomic E-state index is 13.1. The van der Waals surface area contributed by atoms with E-state index < -0.39 is 17.6 Å². The summed E-state index contributed by atoms with van der Waals surface area (Å²) in [5.41, 5.74) is -0.365. The molecule has 0 amide bonds. The Morgan fingerprint density at radius 2 is 1.81 bits per heavy atom. The Labute approximate surface area is 150 Å². The molecule has 26 heavy (non-hydrogen) atoms. The SMILES string of the molecule is CCCOc1ccc(Nc2ncc(C(F)(F)F)c(OCC(C)C)n2)cc1. The molecule has 1 N–H and O–H groups in total. The molecule has 2 rings (SSSR count). The molecular formula is C18H22F3N3O2. The van der Waals surface area contributed by atoms with Crippen LogP contribution in [0.1, 0.15) is 32.8 Å². The summed E-state index contributed by atoms with van der Waals surface area (Å²) in [4.78, 5) is 7.63. The van der Waals surface area contributed by atoms with Gasteiger partial charge in [0.25, 0.3) is 0 Å². The largest absolute Gasteiger partial charge is 0.494 e. The lowest BCUT2D eigenvalue weighted by atomic mass is 10.2. The Bertz CT molecular complexity index is 704. The van der Waals surface area contributed by atoms with E-state index in [0.29, 0.717) is 18.0 Å². The van der Waals surface area contributed by atoms with E-state index in [1.165, 1.54) is 0 Å². The first kappa shape index (κ1) is 19.8. The third kappa shape index (κ3) is 5.79. The molecule has 1 aromatic heterocycles. The van der Waals surface area contributed by atoms with E-state index in [1.807, 2.05) is 20.8 Å². The number of hydrogen-bond donors (Lipinski definition) is 1. The number of hydrogen-bond acceptors (Lipinski definition) is 5. The molecule has 2 aromatic rings. The van der Waals surface area contributed by atoms with Crippen LogP contribution < -0.4 is 14.8 Å². The van der Waals surface area contributed by atoms with Crippen LogP contribution in [-0.4, -0.2) is 23.2 Å². The van der Waals surface area contributed by atoms with Gasteiger partial charge in [0.2, 0.25) is 11.8 Å². The van der Waals surface area contributed by atoms with Crippen LogP contribution in [0.2, 0.25) is 0 Å². The van der Waals surface area contributed by atoms with Gasteiger partial charge in [-0.1, -0.05) is 20.8 Å². The summed E-state index contributed by atoms with van der Waals surface area (Å²) in [5, 5.41) is 2.87. The minimum atomic E-state index is -4.58. The number of aromatic nitrogens is 2. The van der Waals surface area contributed by atoms with Crippen molar-refractivity contribution in [1.29, 1.82) is 0 Å². The molecule has 142 valence electrons. The molecule has 0 unspecified atom stereocenters. The summed E-state index contributed by atoms with van der Waals surface area (Å²) >= 11 is 0. The van der Waals surface area contributed by atoms with Gasteiger partial charge >= 0.3 is 6.18 Å². The van der Waals surface area contributed by atoms with Crippen molar-refractivity contribution >= 4 is 11.6 Å². The van der Waals surface area contributed by atoms with Crippen LogP contribution in [0.3, 0.4) is 0 Å². The maximum Gasteiger partial charge on any atom is 0.423 e. The molecular weight excluding hydrogens is 347 g/mol. The molecule has 0 aliphatic carbocycles. The third-order valence-electron chi connectivity index (χ3n) is 3.20. The summed E-state index contributed by atoms with van der Waals surface area (Å²) in [5.74, 6) is 0.329. The number of anilines is 2. The van der Waals surface area contributed by atoms with Crippen molar-refractivity contribution in [2.75, 3.05) is 18.5 Å². The molecule has 5 nitrogen and oxygen atoms in total. The minimum absolute atomic E-state index is 0.0268. The van der Waals surface area contributed by atoms with Crippen molar-refractivity contribution < 1.29 is 22.6 Å². The maximum absolute atomic E-state index is 13.1. The van der Waals surface area contributed by atoms with E-state index in [4.69, 9.17) is 9.47 Å². The predicted octanol–water partition coefficient (Wildman–Crippen LogP) is 5.06. The van der Waals surface area contributed by atoms with Crippen LogP contribution in [0.25, 0.3) is 0 Å². The molecule has 1 heterocycles. The summed E-state index contributed by atoms with van der Waals surface area (Å²) in [6.45, 7) is 6.44. The highest BCUT2D eigenvalue weighted by atomic mass is 19.4. The van der Waals surface area contributed by atoms with E-state index >= 15 is 0 Å². The number of alkyl halides is 3. The molecule has 1 aromatic carbocycles. The molecule has 0 atom stereocenters. The smallest absolute Gasteiger partial charge is 0.423 e. The molecule has 0 spiro atoms. The second-order valence-electron chi connectivity index (χ2n) is 6.11. The molecule has 0 aliphatic heterocycles. The summed E-state index contributed by atoms with van der Waals surface area (Å²) in [6.07, 6.45) is -2.95. The van der Waals surface area contributed by atoms with Crippen LogP contribution in [0.5, 0.6) is 11.6 Å². The average molecular weight is 369 g/mol. The average Bonchev–Trinajstić information content (AvgIpc) is 2.58. The first-order valence-electron chi connectivity index (χ1n) is 8.36. The van der Waals surface area contributed by atoms with Crippen molar-refractivity contribution in [2.45, 2.75) is 33.4 Å². The van der Waals surface area contributed by atoms with Crippen molar-refractivity contribution in [3.05, 3.63) is 36.0 Å². The molecule has 0 bridgehead atoms. The highest BCUT2D eigenvalue weighted by Crippen LogP contribution is 2.35. The van der Waals surface area contributed by atoms with Gasteiger partial charge in [0, 0.05) is 11.9 Å². The van der Waals surface area contributed by atoms with E-state index in [0.717, 1.165) is 12.6 Å². The zero-order valence-corrected chi connectivity index (χ0v) is 14.9. The molecule has 0 saturated carbocycles. The number of ether oxygens (including phenoxy) is 2. The predicted molar refractivity (Wildman–Crippen MR) is 92.9 cm³/mol. The summed E-state index contributed by atoms with van der Waals surface area (Å²) in [6, 6.07) is 7.00. The lowest BCUT2D eigenvalue weighted by molar-refractivity contribution is -0.139. The summed E-state index contributed by atoms with van der Waals surface area (Å²) in [7, 11) is 0. The summed E-state index contributed by atoms with van der Waals surface area (Å²) < 4.78 is 50.0. The van der Waals surface area contributed by atoms with Gasteiger partial charge in [-0.2, -0.15) is 18.2 Å². The minimum Gasteiger partial charge on any atom is -0.494 e. The second-order valence-corrected chi connectivity index (χ2v) is 6.11. The van der Waals surface area contributed by atoms with Crippen LogP contribution in [0, 0.1) is 5.92 Å². The van der Waals surface area contributed by atoms with Crippen molar-refractivity contribution in [1.82, 2.24) is 9.97 Å². The van der Waals surface area contributed by atoms with Crippen LogP contribution in [0.15, 0.2) is 30.5 Å². The topological polar surface area (TPSA) is 56.3 Å². The quantitative estimate of drug-likeness (QED) is 0.705. The normalized spacial score (nSPS) is 11.5. The Morgan fingerprint density at radius 3 is 2.38 bits per heavy atom. The second kappa shape index (κ2) is 8.73. The fourth-order valence-electron chi connectivity index (χ4n) is 1.96. The first-order chi connectivity index (χ1) is 12.3. The lowest BCUT2D eigenvalue weighted by Crippen LogP contribution is -2.14. The number of halogens is 3. The molecule has 8 heteroatoms. The Balaban J connectivity index is 2.17. The number of benzene rings is 1. The third-order valence-corrected chi connectivity index (χ3v) is 3.20. The Kier molecular flexibility index (Phi) is 6.65. The molecule has 0 fully saturated rings. The Hall–Kier alpha value is -2.51. The standard InChI is InChI=1S/C18H22F3N3O2/c1-4-9-25-14-7-5-13(6-8-14)23-17-22-10-15(18(19,20)21)16(24-17)26-11-12(2)3/h5-8,10,12H,4,9,11H2,1-3H3,(H,22,23,24).